The van der Waals surface area contributed by atoms with Crippen LogP contribution in [0.3, 0.4) is 0 Å². The fourth-order valence-electron chi connectivity index (χ4n) is 5.79. The number of thiazole rings is 1. The lowest BCUT2D eigenvalue weighted by Crippen LogP contribution is -2.53. The van der Waals surface area contributed by atoms with Crippen molar-refractivity contribution in [3.8, 4) is 11.5 Å². The summed E-state index contributed by atoms with van der Waals surface area (Å²) in [7, 11) is 3.27. The van der Waals surface area contributed by atoms with Crippen LogP contribution in [0.5, 0.6) is 11.5 Å². The molecule has 0 spiro atoms. The second-order valence-corrected chi connectivity index (χ2v) is 10.5. The first-order chi connectivity index (χ1) is 17.8. The minimum atomic E-state index is -1.00. The van der Waals surface area contributed by atoms with Gasteiger partial charge in [0.15, 0.2) is 28.3 Å². The van der Waals surface area contributed by atoms with Gasteiger partial charge >= 0.3 is 6.03 Å². The lowest BCUT2D eigenvalue weighted by molar-refractivity contribution is 0.220. The fraction of sp³-hybridized carbons (Fsp3) is 0.407. The molecule has 3 atom stereocenters. The van der Waals surface area contributed by atoms with E-state index in [-0.39, 0.29) is 23.2 Å². The van der Waals surface area contributed by atoms with Crippen LogP contribution in [0.1, 0.15) is 36.9 Å². The summed E-state index contributed by atoms with van der Waals surface area (Å²) in [5.41, 5.74) is 2.25. The Labute approximate surface area is 218 Å². The number of rotatable bonds is 6. The second-order valence-electron chi connectivity index (χ2n) is 9.66. The molecule has 2 aliphatic rings. The van der Waals surface area contributed by atoms with E-state index in [9.17, 15) is 13.6 Å². The molecule has 0 unspecified atom stereocenters. The van der Waals surface area contributed by atoms with E-state index < -0.39 is 17.7 Å². The van der Waals surface area contributed by atoms with Gasteiger partial charge in [0.25, 0.3) is 0 Å². The van der Waals surface area contributed by atoms with Crippen LogP contribution in [0, 0.1) is 18.6 Å². The van der Waals surface area contributed by atoms with Crippen LogP contribution in [0.4, 0.5) is 24.4 Å². The smallest absolute Gasteiger partial charge is 0.319 e. The number of nitrogens with one attached hydrogen (secondary N) is 2. The minimum absolute atomic E-state index is 0.0924. The zero-order valence-corrected chi connectivity index (χ0v) is 21.8. The van der Waals surface area contributed by atoms with Crippen molar-refractivity contribution in [3.63, 3.8) is 0 Å². The number of benzene rings is 2. The second kappa shape index (κ2) is 10.2. The number of aryl methyl sites for hydroxylation is 1. The van der Waals surface area contributed by atoms with E-state index in [0.29, 0.717) is 11.5 Å². The van der Waals surface area contributed by atoms with Crippen molar-refractivity contribution < 1.29 is 23.0 Å². The zero-order chi connectivity index (χ0) is 26.2. The number of hydrogen-bond acceptors (Lipinski definition) is 6. The van der Waals surface area contributed by atoms with Gasteiger partial charge < -0.3 is 25.0 Å². The zero-order valence-electron chi connectivity index (χ0n) is 21.0. The molecule has 2 amide bonds. The van der Waals surface area contributed by atoms with E-state index in [2.05, 4.69) is 33.0 Å². The van der Waals surface area contributed by atoms with E-state index in [4.69, 9.17) is 14.5 Å². The summed E-state index contributed by atoms with van der Waals surface area (Å²) in [4.78, 5) is 19.9. The van der Waals surface area contributed by atoms with Crippen molar-refractivity contribution in [1.82, 2.24) is 10.3 Å². The Morgan fingerprint density at radius 2 is 1.92 bits per heavy atom. The molecule has 1 saturated carbocycles. The Hall–Kier alpha value is -3.40. The van der Waals surface area contributed by atoms with Crippen LogP contribution in [-0.4, -0.2) is 43.9 Å². The number of amides is 2. The van der Waals surface area contributed by atoms with Gasteiger partial charge in [-0.3, -0.25) is 0 Å². The largest absolute Gasteiger partial charge is 0.493 e. The Kier molecular flexibility index (Phi) is 6.94. The first kappa shape index (κ1) is 25.3. The molecule has 1 aliphatic heterocycles. The fourth-order valence-corrected chi connectivity index (χ4v) is 6.67. The molecule has 2 heterocycles. The van der Waals surface area contributed by atoms with E-state index in [1.54, 1.807) is 25.6 Å². The highest BCUT2D eigenvalue weighted by atomic mass is 32.1. The molecule has 2 fully saturated rings. The van der Waals surface area contributed by atoms with Crippen LogP contribution in [-0.2, 0) is 5.41 Å². The molecule has 3 aromatic rings. The van der Waals surface area contributed by atoms with Crippen molar-refractivity contribution in [3.05, 3.63) is 64.7 Å². The molecule has 7 nitrogen and oxygen atoms in total. The molecule has 1 aliphatic carbocycles. The van der Waals surface area contributed by atoms with Crippen molar-refractivity contribution in [1.29, 1.82) is 0 Å². The number of anilines is 2. The lowest BCUT2D eigenvalue weighted by Gasteiger charge is -2.45. The minimum Gasteiger partial charge on any atom is -0.493 e. The molecular formula is C27H30F2N4O3S. The van der Waals surface area contributed by atoms with Crippen LogP contribution in [0.2, 0.25) is 0 Å². The van der Waals surface area contributed by atoms with Crippen LogP contribution in [0.15, 0.2) is 41.8 Å². The van der Waals surface area contributed by atoms with E-state index in [1.165, 1.54) is 11.6 Å². The summed E-state index contributed by atoms with van der Waals surface area (Å²) in [6, 6.07) is 9.03. The Morgan fingerprint density at radius 1 is 1.11 bits per heavy atom. The monoisotopic (exact) mass is 528 g/mol. The van der Waals surface area contributed by atoms with Gasteiger partial charge in [-0.1, -0.05) is 6.07 Å². The molecule has 0 radical (unpaired) electrons. The summed E-state index contributed by atoms with van der Waals surface area (Å²) in [6.45, 7) is 2.85. The highest BCUT2D eigenvalue weighted by molar-refractivity contribution is 7.13. The summed E-state index contributed by atoms with van der Waals surface area (Å²) >= 11 is 1.63. The van der Waals surface area contributed by atoms with Crippen molar-refractivity contribution in [2.75, 3.05) is 31.0 Å². The number of fused-ring (bicyclic) bond motifs is 1. The summed E-state index contributed by atoms with van der Waals surface area (Å²) in [6.07, 6.45) is 3.32. The van der Waals surface area contributed by atoms with Gasteiger partial charge in [-0.2, -0.15) is 0 Å². The molecule has 2 N–H and O–H groups in total. The first-order valence-corrected chi connectivity index (χ1v) is 13.1. The number of hydrogen-bond donors (Lipinski definition) is 2. The summed E-state index contributed by atoms with van der Waals surface area (Å²) in [5, 5.41) is 8.71. The third-order valence-corrected chi connectivity index (χ3v) is 8.58. The average Bonchev–Trinajstić information content (AvgIpc) is 3.49. The Balaban J connectivity index is 1.40. The van der Waals surface area contributed by atoms with Crippen LogP contribution < -0.4 is 25.0 Å². The summed E-state index contributed by atoms with van der Waals surface area (Å²) in [5.74, 6) is -0.573. The summed E-state index contributed by atoms with van der Waals surface area (Å²) < 4.78 is 37.9. The topological polar surface area (TPSA) is 75.7 Å². The number of methoxy groups -OCH3 is 2. The molecule has 2 aromatic carbocycles. The normalized spacial score (nSPS) is 22.9. The molecule has 10 heteroatoms. The molecule has 37 heavy (non-hydrogen) atoms. The predicted molar refractivity (Wildman–Crippen MR) is 140 cm³/mol. The van der Waals surface area contributed by atoms with Crippen molar-refractivity contribution in [2.45, 2.75) is 50.1 Å². The van der Waals surface area contributed by atoms with Gasteiger partial charge in [0.2, 0.25) is 0 Å². The number of carbonyl (C=O) groups excluding carboxylic acids is 1. The average molecular weight is 529 g/mol. The SMILES string of the molecule is COc1ccc([C@@]23CC[C@H](NC(=O)Nc4ccc(F)c(F)c4)C[C@H]2N(c2nc(C)cs2)CC3)cc1OC. The maximum atomic E-state index is 13.6. The number of halogens is 2. The molecule has 5 rings (SSSR count). The van der Waals surface area contributed by atoms with Gasteiger partial charge in [0.05, 0.1) is 19.9 Å². The number of nitrogens with zero attached hydrogens (tertiary/aromatic N) is 2. The Bertz CT molecular complexity index is 1300. The van der Waals surface area contributed by atoms with Crippen molar-refractivity contribution >= 4 is 28.2 Å². The maximum Gasteiger partial charge on any atom is 0.319 e. The molecule has 1 saturated heterocycles. The first-order valence-electron chi connectivity index (χ1n) is 12.3. The van der Waals surface area contributed by atoms with Gasteiger partial charge in [0, 0.05) is 41.2 Å². The molecule has 196 valence electrons. The van der Waals surface area contributed by atoms with E-state index >= 15 is 0 Å². The highest BCUT2D eigenvalue weighted by Gasteiger charge is 2.52. The van der Waals surface area contributed by atoms with Crippen molar-refractivity contribution in [2.24, 2.45) is 0 Å². The number of ether oxygens (including phenoxy) is 2. The van der Waals surface area contributed by atoms with Gasteiger partial charge in [-0.25, -0.2) is 18.6 Å². The van der Waals surface area contributed by atoms with Gasteiger partial charge in [-0.05, 0) is 62.4 Å². The third-order valence-electron chi connectivity index (χ3n) is 7.58. The number of urea groups is 1. The maximum absolute atomic E-state index is 13.6. The lowest BCUT2D eigenvalue weighted by atomic mass is 9.65. The standard InChI is InChI=1S/C27H30F2N4O3S/c1-16-15-37-26(30-16)33-11-10-27(17-4-7-22(35-2)23(12-17)36-3)9-8-19(14-24(27)33)32-25(34)31-18-5-6-20(28)21(29)13-18/h4-7,12-13,15,19,24H,8-11,14H2,1-3H3,(H2,31,32,34)/t19-,24+,27-/m0/s1. The number of aromatic nitrogens is 1. The highest BCUT2D eigenvalue weighted by Crippen LogP contribution is 2.51. The van der Waals surface area contributed by atoms with E-state index in [1.807, 2.05) is 13.0 Å². The quantitative estimate of drug-likeness (QED) is 0.433. The third kappa shape index (κ3) is 4.82. The predicted octanol–water partition coefficient (Wildman–Crippen LogP) is 5.64. The number of carbonyl (C=O) groups is 1. The molecule has 0 bridgehead atoms. The van der Waals surface area contributed by atoms with E-state index in [0.717, 1.165) is 55.2 Å². The van der Waals surface area contributed by atoms with Gasteiger partial charge in [-0.15, -0.1) is 11.3 Å². The van der Waals surface area contributed by atoms with Crippen LogP contribution in [0.25, 0.3) is 0 Å². The Morgan fingerprint density at radius 3 is 2.62 bits per heavy atom. The molecule has 1 aromatic heterocycles. The van der Waals surface area contributed by atoms with Crippen LogP contribution >= 0.6 is 11.3 Å². The van der Waals surface area contributed by atoms with Gasteiger partial charge in [0.1, 0.15) is 0 Å². The molecular weight excluding hydrogens is 498 g/mol.